The number of hydrogen-bond donors (Lipinski definition) is 4. The van der Waals surface area contributed by atoms with Gasteiger partial charge in [-0.15, -0.1) is 0 Å². The SMILES string of the molecule is CN1C=C2C(=C(C3=CCC(N[C@@H](CO)C(=O)O)CC3)C1)NN=C1C=Cc3cc(F)cc2c31. The van der Waals surface area contributed by atoms with Crippen LogP contribution in [0.2, 0.25) is 0 Å². The Kier molecular flexibility index (Phi) is 5.19. The number of carbonyl (C=O) groups is 1. The number of halogens is 1. The summed E-state index contributed by atoms with van der Waals surface area (Å²) in [5.74, 6) is -1.32. The molecule has 5 rings (SSSR count). The molecule has 8 heteroatoms. The van der Waals surface area contributed by atoms with E-state index in [1.54, 1.807) is 6.07 Å². The summed E-state index contributed by atoms with van der Waals surface area (Å²) in [5, 5.41) is 26.1. The van der Waals surface area contributed by atoms with Crippen molar-refractivity contribution in [2.24, 2.45) is 5.10 Å². The van der Waals surface area contributed by atoms with Crippen LogP contribution in [0, 0.1) is 5.82 Å². The van der Waals surface area contributed by atoms with Crippen LogP contribution >= 0.6 is 0 Å². The van der Waals surface area contributed by atoms with Gasteiger partial charge in [0.2, 0.25) is 0 Å². The highest BCUT2D eigenvalue weighted by atomic mass is 19.1. The van der Waals surface area contributed by atoms with Crippen molar-refractivity contribution in [3.05, 3.63) is 69.8 Å². The van der Waals surface area contributed by atoms with Gasteiger partial charge in [0.25, 0.3) is 0 Å². The average molecular weight is 436 g/mol. The van der Waals surface area contributed by atoms with Gasteiger partial charge in [-0.25, -0.2) is 4.39 Å². The second kappa shape index (κ2) is 8.03. The molecule has 0 fully saturated rings. The van der Waals surface area contributed by atoms with Gasteiger partial charge in [-0.3, -0.25) is 15.5 Å². The number of aliphatic hydroxyl groups excluding tert-OH is 1. The Morgan fingerprint density at radius 2 is 2.25 bits per heavy atom. The van der Waals surface area contributed by atoms with Crippen LogP contribution in [-0.4, -0.2) is 59.1 Å². The Hall–Kier alpha value is -3.23. The third-order valence-corrected chi connectivity index (χ3v) is 6.43. The normalized spacial score (nSPS) is 22.3. The van der Waals surface area contributed by atoms with E-state index in [2.05, 4.69) is 26.8 Å². The number of aliphatic carboxylic acids is 1. The third kappa shape index (κ3) is 3.55. The van der Waals surface area contributed by atoms with Gasteiger partial charge in [0.05, 0.1) is 18.0 Å². The second-order valence-corrected chi connectivity index (χ2v) is 8.61. The molecule has 4 aliphatic rings. The van der Waals surface area contributed by atoms with Crippen LogP contribution in [0.15, 0.2) is 52.4 Å². The minimum absolute atomic E-state index is 0.00578. The van der Waals surface area contributed by atoms with Crippen molar-refractivity contribution in [2.45, 2.75) is 31.3 Å². The molecular formula is C24H25FN4O3. The summed E-state index contributed by atoms with van der Waals surface area (Å²) in [6.45, 7) is 0.260. The molecule has 7 nitrogen and oxygen atoms in total. The Morgan fingerprint density at radius 3 is 2.97 bits per heavy atom. The number of carboxylic acids is 1. The van der Waals surface area contributed by atoms with E-state index in [-0.39, 0.29) is 11.9 Å². The molecule has 0 bridgehead atoms. The van der Waals surface area contributed by atoms with Gasteiger partial charge in [-0.2, -0.15) is 5.10 Å². The van der Waals surface area contributed by atoms with E-state index in [1.165, 1.54) is 11.6 Å². The summed E-state index contributed by atoms with van der Waals surface area (Å²) < 4.78 is 14.4. The number of nitrogens with zero attached hydrogens (tertiary/aromatic N) is 2. The highest BCUT2D eigenvalue weighted by Gasteiger charge is 2.31. The predicted octanol–water partition coefficient (Wildman–Crippen LogP) is 2.21. The van der Waals surface area contributed by atoms with Crippen LogP contribution < -0.4 is 10.7 Å². The van der Waals surface area contributed by atoms with Gasteiger partial charge in [0.1, 0.15) is 11.9 Å². The number of rotatable bonds is 5. The zero-order valence-corrected chi connectivity index (χ0v) is 17.7. The van der Waals surface area contributed by atoms with Crippen LogP contribution in [0.3, 0.4) is 0 Å². The van der Waals surface area contributed by atoms with E-state index < -0.39 is 18.6 Å². The first-order chi connectivity index (χ1) is 15.4. The average Bonchev–Trinajstić information content (AvgIpc) is 3.11. The smallest absolute Gasteiger partial charge is 0.323 e. The molecule has 1 aromatic rings. The van der Waals surface area contributed by atoms with Gasteiger partial charge in [-0.1, -0.05) is 12.2 Å². The molecule has 4 N–H and O–H groups in total. The first-order valence-corrected chi connectivity index (χ1v) is 10.8. The minimum Gasteiger partial charge on any atom is -0.480 e. The number of likely N-dealkylation sites (N-methyl/N-ethyl adjacent to an activating group) is 1. The number of hydrazone groups is 1. The first-order valence-electron chi connectivity index (χ1n) is 10.8. The fourth-order valence-corrected chi connectivity index (χ4v) is 4.88. The van der Waals surface area contributed by atoms with Gasteiger partial charge in [0.15, 0.2) is 0 Å². The maximum atomic E-state index is 14.4. The molecular weight excluding hydrogens is 411 g/mol. The maximum Gasteiger partial charge on any atom is 0.323 e. The van der Waals surface area contributed by atoms with E-state index >= 15 is 0 Å². The number of nitrogens with one attached hydrogen (secondary N) is 2. The van der Waals surface area contributed by atoms with Gasteiger partial charge in [0, 0.05) is 37.0 Å². The Labute approximate surface area is 185 Å². The number of fused-ring (bicyclic) bond motifs is 2. The lowest BCUT2D eigenvalue weighted by atomic mass is 9.85. The maximum absolute atomic E-state index is 14.4. The topological polar surface area (TPSA) is 97.2 Å². The summed E-state index contributed by atoms with van der Waals surface area (Å²) in [6.07, 6.45) is 10.2. The molecule has 1 aromatic carbocycles. The van der Waals surface area contributed by atoms with Crippen LogP contribution in [-0.2, 0) is 4.79 Å². The Morgan fingerprint density at radius 1 is 1.41 bits per heavy atom. The molecule has 0 saturated heterocycles. The van der Waals surface area contributed by atoms with E-state index in [1.807, 2.05) is 25.4 Å². The molecule has 2 aliphatic carbocycles. The van der Waals surface area contributed by atoms with Crippen molar-refractivity contribution in [1.29, 1.82) is 0 Å². The molecule has 0 radical (unpaired) electrons. The van der Waals surface area contributed by atoms with Gasteiger partial charge in [-0.05, 0) is 59.7 Å². The summed E-state index contributed by atoms with van der Waals surface area (Å²) in [4.78, 5) is 13.3. The Bertz CT molecular complexity index is 1150. The summed E-state index contributed by atoms with van der Waals surface area (Å²) in [5.41, 5.74) is 10.8. The standard InChI is InChI=1S/C24H25FN4O3/c1-29-10-18(13-2-5-16(6-3-13)26-21(12-30)24(31)32)23-19(11-29)17-9-15(25)8-14-4-7-20(22(14)17)27-28-23/h2,4,7-9,11,16,21,26,28,30H,3,5-6,10,12H2,1H3,(H,31,32)/t16?,21-/m0/s1. The van der Waals surface area contributed by atoms with Gasteiger partial charge >= 0.3 is 5.97 Å². The molecule has 0 aromatic heterocycles. The molecule has 2 atom stereocenters. The largest absolute Gasteiger partial charge is 0.480 e. The zero-order valence-electron chi connectivity index (χ0n) is 17.7. The number of allylic oxidation sites excluding steroid dienone is 2. The zero-order chi connectivity index (χ0) is 22.4. The summed E-state index contributed by atoms with van der Waals surface area (Å²) in [7, 11) is 2.00. The predicted molar refractivity (Wildman–Crippen MR) is 120 cm³/mol. The van der Waals surface area contributed by atoms with Crippen molar-refractivity contribution in [3.8, 4) is 0 Å². The molecule has 166 valence electrons. The molecule has 0 spiro atoms. The lowest BCUT2D eigenvalue weighted by Crippen LogP contribution is -2.46. The van der Waals surface area contributed by atoms with Crippen molar-refractivity contribution in [1.82, 2.24) is 15.6 Å². The van der Waals surface area contributed by atoms with E-state index in [0.29, 0.717) is 13.0 Å². The van der Waals surface area contributed by atoms with Crippen LogP contribution in [0.5, 0.6) is 0 Å². The number of benzene rings is 1. The van der Waals surface area contributed by atoms with Crippen molar-refractivity contribution < 1.29 is 19.4 Å². The summed E-state index contributed by atoms with van der Waals surface area (Å²) >= 11 is 0. The van der Waals surface area contributed by atoms with Crippen molar-refractivity contribution in [2.75, 3.05) is 20.2 Å². The molecule has 2 heterocycles. The van der Waals surface area contributed by atoms with E-state index in [4.69, 9.17) is 0 Å². The molecule has 1 unspecified atom stereocenters. The fraction of sp³-hybridized carbons (Fsp3) is 0.333. The van der Waals surface area contributed by atoms with Crippen molar-refractivity contribution >= 4 is 23.3 Å². The minimum atomic E-state index is -1.05. The molecule has 0 saturated carbocycles. The molecule has 0 amide bonds. The number of aliphatic hydroxyl groups is 1. The molecule has 32 heavy (non-hydrogen) atoms. The highest BCUT2D eigenvalue weighted by molar-refractivity contribution is 6.20. The number of hydrogen-bond acceptors (Lipinski definition) is 6. The quantitative estimate of drug-likeness (QED) is 0.565. The van der Waals surface area contributed by atoms with Crippen LogP contribution in [0.1, 0.15) is 36.0 Å². The number of carboxylic acid groups (broad SMARTS) is 1. The first kappa shape index (κ1) is 20.7. The third-order valence-electron chi connectivity index (χ3n) is 6.43. The van der Waals surface area contributed by atoms with Crippen molar-refractivity contribution in [3.63, 3.8) is 0 Å². The Balaban J connectivity index is 1.49. The lowest BCUT2D eigenvalue weighted by Gasteiger charge is -2.32. The van der Waals surface area contributed by atoms with Crippen LogP contribution in [0.4, 0.5) is 4.39 Å². The fourth-order valence-electron chi connectivity index (χ4n) is 4.88. The van der Waals surface area contributed by atoms with Crippen LogP contribution in [0.25, 0.3) is 11.6 Å². The van der Waals surface area contributed by atoms with Gasteiger partial charge < -0.3 is 15.1 Å². The monoisotopic (exact) mass is 436 g/mol. The second-order valence-electron chi connectivity index (χ2n) is 8.61. The lowest BCUT2D eigenvalue weighted by molar-refractivity contribution is -0.140. The van der Waals surface area contributed by atoms with E-state index in [9.17, 15) is 19.4 Å². The molecule has 2 aliphatic heterocycles. The highest BCUT2D eigenvalue weighted by Crippen LogP contribution is 2.40. The van der Waals surface area contributed by atoms with E-state index in [0.717, 1.165) is 52.1 Å². The summed E-state index contributed by atoms with van der Waals surface area (Å²) in [6, 6.07) is 2.15.